The van der Waals surface area contributed by atoms with Crippen molar-refractivity contribution in [2.75, 3.05) is 0 Å². The molecular weight excluding hydrogens is 270 g/mol. The third-order valence-electron chi connectivity index (χ3n) is 3.10. The van der Waals surface area contributed by atoms with Crippen LogP contribution in [0.4, 0.5) is 0 Å². The van der Waals surface area contributed by atoms with E-state index < -0.39 is 12.0 Å². The average molecular weight is 287 g/mol. The van der Waals surface area contributed by atoms with Crippen LogP contribution >= 0.6 is 0 Å². The molecule has 1 amide bonds. The van der Waals surface area contributed by atoms with Gasteiger partial charge in [-0.1, -0.05) is 30.3 Å². The summed E-state index contributed by atoms with van der Waals surface area (Å²) in [7, 11) is 0. The fraction of sp³-hybridized carbons (Fsp3) is 0.267. The SMILES string of the molecule is O=C(CCc1ccccc1)NC(Cc1cnc[nH]1)C(=O)O. The van der Waals surface area contributed by atoms with Crippen LogP contribution in [-0.4, -0.2) is 33.0 Å². The lowest BCUT2D eigenvalue weighted by Gasteiger charge is -2.13. The number of carboxylic acids is 1. The third-order valence-corrected chi connectivity index (χ3v) is 3.10. The number of benzene rings is 1. The van der Waals surface area contributed by atoms with Gasteiger partial charge in [-0.3, -0.25) is 4.79 Å². The zero-order valence-corrected chi connectivity index (χ0v) is 11.5. The number of aromatic amines is 1. The summed E-state index contributed by atoms with van der Waals surface area (Å²) in [4.78, 5) is 29.7. The maximum atomic E-state index is 11.9. The Balaban J connectivity index is 1.85. The molecule has 2 rings (SSSR count). The van der Waals surface area contributed by atoms with Gasteiger partial charge in [-0.2, -0.15) is 0 Å². The van der Waals surface area contributed by atoms with Crippen molar-refractivity contribution >= 4 is 11.9 Å². The highest BCUT2D eigenvalue weighted by atomic mass is 16.4. The van der Waals surface area contributed by atoms with Crippen LogP contribution in [0.25, 0.3) is 0 Å². The summed E-state index contributed by atoms with van der Waals surface area (Å²) in [6, 6.07) is 8.65. The summed E-state index contributed by atoms with van der Waals surface area (Å²) in [5.74, 6) is -1.33. The number of H-pyrrole nitrogens is 1. The van der Waals surface area contributed by atoms with Crippen LogP contribution < -0.4 is 5.32 Å². The second-order valence-electron chi connectivity index (χ2n) is 4.72. The molecule has 1 aromatic carbocycles. The molecule has 110 valence electrons. The molecule has 0 aliphatic rings. The van der Waals surface area contributed by atoms with Crippen LogP contribution in [0.5, 0.6) is 0 Å². The van der Waals surface area contributed by atoms with Crippen LogP contribution in [0.3, 0.4) is 0 Å². The Morgan fingerprint density at radius 3 is 2.67 bits per heavy atom. The van der Waals surface area contributed by atoms with Crippen LogP contribution in [0.1, 0.15) is 17.7 Å². The normalized spacial score (nSPS) is 11.8. The second kappa shape index (κ2) is 7.23. The molecule has 0 aliphatic heterocycles. The van der Waals surface area contributed by atoms with E-state index in [1.165, 1.54) is 6.33 Å². The zero-order chi connectivity index (χ0) is 15.1. The van der Waals surface area contributed by atoms with E-state index in [1.807, 2.05) is 30.3 Å². The Labute approximate surface area is 122 Å². The first kappa shape index (κ1) is 14.8. The van der Waals surface area contributed by atoms with E-state index in [1.54, 1.807) is 6.20 Å². The van der Waals surface area contributed by atoms with Crippen LogP contribution in [0, 0.1) is 0 Å². The number of carboxylic acid groups (broad SMARTS) is 1. The van der Waals surface area contributed by atoms with Crippen molar-refractivity contribution in [3.63, 3.8) is 0 Å². The average Bonchev–Trinajstić information content (AvgIpc) is 2.98. The summed E-state index contributed by atoms with van der Waals surface area (Å²) < 4.78 is 0. The Bertz CT molecular complexity index is 581. The van der Waals surface area contributed by atoms with Crippen molar-refractivity contribution in [1.29, 1.82) is 0 Å². The number of nitrogens with one attached hydrogen (secondary N) is 2. The minimum absolute atomic E-state index is 0.187. The molecule has 0 bridgehead atoms. The number of hydrogen-bond donors (Lipinski definition) is 3. The van der Waals surface area contributed by atoms with E-state index in [4.69, 9.17) is 5.11 Å². The summed E-state index contributed by atoms with van der Waals surface area (Å²) >= 11 is 0. The van der Waals surface area contributed by atoms with Crippen LogP contribution in [0.2, 0.25) is 0 Å². The van der Waals surface area contributed by atoms with Gasteiger partial charge in [0.05, 0.1) is 6.33 Å². The predicted octanol–water partition coefficient (Wildman–Crippen LogP) is 1.15. The molecule has 6 heteroatoms. The van der Waals surface area contributed by atoms with Gasteiger partial charge in [0.15, 0.2) is 0 Å². The Morgan fingerprint density at radius 2 is 2.05 bits per heavy atom. The molecule has 6 nitrogen and oxygen atoms in total. The highest BCUT2D eigenvalue weighted by Crippen LogP contribution is 2.04. The van der Waals surface area contributed by atoms with E-state index in [0.717, 1.165) is 5.56 Å². The standard InChI is InChI=1S/C15H17N3O3/c19-14(7-6-11-4-2-1-3-5-11)18-13(15(20)21)8-12-9-16-10-17-12/h1-5,9-10,13H,6-8H2,(H,16,17)(H,18,19)(H,20,21). The Kier molecular flexibility index (Phi) is 5.09. The van der Waals surface area contributed by atoms with Gasteiger partial charge in [0.1, 0.15) is 6.04 Å². The number of imidazole rings is 1. The number of nitrogens with zero attached hydrogens (tertiary/aromatic N) is 1. The number of carbonyl (C=O) groups excluding carboxylic acids is 1. The molecule has 21 heavy (non-hydrogen) atoms. The highest BCUT2D eigenvalue weighted by molar-refractivity contribution is 5.83. The molecule has 0 saturated heterocycles. The number of aliphatic carboxylic acids is 1. The molecule has 1 heterocycles. The first-order valence-corrected chi connectivity index (χ1v) is 6.68. The highest BCUT2D eigenvalue weighted by Gasteiger charge is 2.20. The molecule has 0 spiro atoms. The van der Waals surface area contributed by atoms with Gasteiger partial charge in [0.2, 0.25) is 5.91 Å². The van der Waals surface area contributed by atoms with E-state index in [-0.39, 0.29) is 18.7 Å². The second-order valence-corrected chi connectivity index (χ2v) is 4.72. The fourth-order valence-electron chi connectivity index (χ4n) is 1.99. The molecule has 3 N–H and O–H groups in total. The summed E-state index contributed by atoms with van der Waals surface area (Å²) in [5.41, 5.74) is 1.72. The van der Waals surface area contributed by atoms with Crippen molar-refractivity contribution in [1.82, 2.24) is 15.3 Å². The van der Waals surface area contributed by atoms with Gasteiger partial charge >= 0.3 is 5.97 Å². The molecule has 1 aromatic heterocycles. The number of carbonyl (C=O) groups is 2. The van der Waals surface area contributed by atoms with Gasteiger partial charge in [-0.05, 0) is 12.0 Å². The zero-order valence-electron chi connectivity index (χ0n) is 11.5. The van der Waals surface area contributed by atoms with Gasteiger partial charge < -0.3 is 15.4 Å². The maximum absolute atomic E-state index is 11.9. The number of hydrogen-bond acceptors (Lipinski definition) is 3. The molecule has 0 fully saturated rings. The lowest BCUT2D eigenvalue weighted by molar-refractivity contribution is -0.141. The molecule has 0 radical (unpaired) electrons. The molecule has 1 unspecified atom stereocenters. The first-order valence-electron chi connectivity index (χ1n) is 6.68. The van der Waals surface area contributed by atoms with Gasteiger partial charge in [0, 0.05) is 24.7 Å². The Morgan fingerprint density at radius 1 is 1.29 bits per heavy atom. The minimum Gasteiger partial charge on any atom is -0.480 e. The van der Waals surface area contributed by atoms with Crippen molar-refractivity contribution in [3.05, 3.63) is 54.1 Å². The summed E-state index contributed by atoms with van der Waals surface area (Å²) in [6.07, 6.45) is 4.06. The van der Waals surface area contributed by atoms with E-state index >= 15 is 0 Å². The lowest BCUT2D eigenvalue weighted by Crippen LogP contribution is -2.42. The van der Waals surface area contributed by atoms with Crippen LogP contribution in [-0.2, 0) is 22.4 Å². The van der Waals surface area contributed by atoms with Gasteiger partial charge in [-0.15, -0.1) is 0 Å². The summed E-state index contributed by atoms with van der Waals surface area (Å²) in [5, 5.41) is 11.7. The Hall–Kier alpha value is -2.63. The van der Waals surface area contributed by atoms with E-state index in [9.17, 15) is 9.59 Å². The summed E-state index contributed by atoms with van der Waals surface area (Å²) in [6.45, 7) is 0. The molecule has 0 aliphatic carbocycles. The third kappa shape index (κ3) is 4.76. The largest absolute Gasteiger partial charge is 0.480 e. The van der Waals surface area contributed by atoms with Crippen molar-refractivity contribution in [3.8, 4) is 0 Å². The van der Waals surface area contributed by atoms with E-state index in [2.05, 4.69) is 15.3 Å². The smallest absolute Gasteiger partial charge is 0.326 e. The quantitative estimate of drug-likeness (QED) is 0.712. The monoisotopic (exact) mass is 287 g/mol. The maximum Gasteiger partial charge on any atom is 0.326 e. The first-order chi connectivity index (χ1) is 10.1. The van der Waals surface area contributed by atoms with Crippen LogP contribution in [0.15, 0.2) is 42.9 Å². The molecule has 2 aromatic rings. The van der Waals surface area contributed by atoms with Gasteiger partial charge in [-0.25, -0.2) is 9.78 Å². The molecular formula is C15H17N3O3. The van der Waals surface area contributed by atoms with Crippen molar-refractivity contribution in [2.45, 2.75) is 25.3 Å². The number of rotatable bonds is 7. The molecule has 0 saturated carbocycles. The van der Waals surface area contributed by atoms with E-state index in [0.29, 0.717) is 12.1 Å². The number of aryl methyl sites for hydroxylation is 1. The minimum atomic E-state index is -1.06. The predicted molar refractivity (Wildman–Crippen MR) is 76.6 cm³/mol. The van der Waals surface area contributed by atoms with Crippen molar-refractivity contribution < 1.29 is 14.7 Å². The molecule has 1 atom stereocenters. The lowest BCUT2D eigenvalue weighted by atomic mass is 10.1. The topological polar surface area (TPSA) is 95.1 Å². The fourth-order valence-corrected chi connectivity index (χ4v) is 1.99. The van der Waals surface area contributed by atoms with Gasteiger partial charge in [0.25, 0.3) is 0 Å². The van der Waals surface area contributed by atoms with Crippen molar-refractivity contribution in [2.24, 2.45) is 0 Å². The number of aromatic nitrogens is 2. The number of amides is 1.